The Morgan fingerprint density at radius 3 is 2.03 bits per heavy atom. The predicted octanol–water partition coefficient (Wildman–Crippen LogP) is 7.27. The Hall–Kier alpha value is -4.70. The summed E-state index contributed by atoms with van der Waals surface area (Å²) in [5.41, 5.74) is 5.76. The van der Waals surface area contributed by atoms with Crippen molar-refractivity contribution in [1.82, 2.24) is 4.98 Å². The van der Waals surface area contributed by atoms with E-state index in [9.17, 15) is 5.21 Å². The lowest BCUT2D eigenvalue weighted by Gasteiger charge is -2.08. The summed E-state index contributed by atoms with van der Waals surface area (Å²) < 4.78 is 6.26. The molecule has 0 atom stereocenters. The molecule has 4 nitrogen and oxygen atoms in total. The summed E-state index contributed by atoms with van der Waals surface area (Å²) in [6.45, 7) is 0. The molecule has 2 aromatic heterocycles. The fraction of sp³-hybridized carbons (Fsp3) is 0. The Morgan fingerprint density at radius 1 is 0.618 bits per heavy atom. The van der Waals surface area contributed by atoms with Crippen LogP contribution < -0.4 is 5.36 Å². The van der Waals surface area contributed by atoms with Crippen LogP contribution in [0.1, 0.15) is 0 Å². The summed E-state index contributed by atoms with van der Waals surface area (Å²) in [6, 6.07) is 36.4. The second-order valence-electron chi connectivity index (χ2n) is 8.17. The first kappa shape index (κ1) is 19.9. The van der Waals surface area contributed by atoms with Crippen LogP contribution in [0, 0.1) is 0 Å². The fourth-order valence-electron chi connectivity index (χ4n) is 4.26. The topological polar surface area (TPSA) is 58.6 Å². The van der Waals surface area contributed by atoms with Crippen molar-refractivity contribution < 1.29 is 9.62 Å². The third-order valence-corrected chi connectivity index (χ3v) is 6.06. The van der Waals surface area contributed by atoms with E-state index in [0.29, 0.717) is 22.4 Å². The van der Waals surface area contributed by atoms with E-state index < -0.39 is 0 Å². The average Bonchev–Trinajstić information content (AvgIpc) is 2.92. The molecule has 0 fully saturated rings. The van der Waals surface area contributed by atoms with Gasteiger partial charge < -0.3 is 9.62 Å². The van der Waals surface area contributed by atoms with Gasteiger partial charge in [0.25, 0.3) is 0 Å². The summed E-state index contributed by atoms with van der Waals surface area (Å²) in [5.74, 6) is 0.544. The standard InChI is InChI=1S/C30H20N2O2/c33-32-27-18-30(28-16-23-8-4-5-9-25(23)19-31-28)34-29-17-24(14-15-26(27)29)22-12-10-21(11-13-22)20-6-2-1-3-7-20/h1-19,33H/b32-27+. The molecule has 0 saturated carbocycles. The highest BCUT2D eigenvalue weighted by Gasteiger charge is 2.10. The van der Waals surface area contributed by atoms with Crippen LogP contribution in [0.4, 0.5) is 0 Å². The maximum Gasteiger partial charge on any atom is 0.155 e. The van der Waals surface area contributed by atoms with Crippen molar-refractivity contribution in [3.8, 4) is 33.7 Å². The summed E-state index contributed by atoms with van der Waals surface area (Å²) in [6.07, 6.45) is 1.82. The van der Waals surface area contributed by atoms with Crippen LogP contribution >= 0.6 is 0 Å². The van der Waals surface area contributed by atoms with E-state index in [4.69, 9.17) is 4.42 Å². The molecule has 0 radical (unpaired) electrons. The van der Waals surface area contributed by atoms with Gasteiger partial charge in [-0.25, -0.2) is 0 Å². The largest absolute Gasteiger partial charge is 0.454 e. The molecule has 0 saturated heterocycles. The molecule has 4 heteroatoms. The number of nitrogens with zero attached hydrogens (tertiary/aromatic N) is 2. The molecular weight excluding hydrogens is 420 g/mol. The lowest BCUT2D eigenvalue weighted by molar-refractivity contribution is 0.302. The first-order chi connectivity index (χ1) is 16.8. The van der Waals surface area contributed by atoms with Crippen molar-refractivity contribution in [3.05, 3.63) is 121 Å². The Bertz CT molecular complexity index is 1700. The maximum atomic E-state index is 9.67. The Balaban J connectivity index is 1.44. The zero-order valence-electron chi connectivity index (χ0n) is 18.2. The lowest BCUT2D eigenvalue weighted by atomic mass is 9.99. The third-order valence-electron chi connectivity index (χ3n) is 6.06. The molecule has 6 aromatic rings. The molecule has 0 amide bonds. The molecule has 2 heterocycles. The monoisotopic (exact) mass is 440 g/mol. The lowest BCUT2D eigenvalue weighted by Crippen LogP contribution is -2.03. The smallest absolute Gasteiger partial charge is 0.155 e. The Labute approximate surface area is 196 Å². The minimum absolute atomic E-state index is 0.442. The van der Waals surface area contributed by atoms with Crippen LogP contribution in [-0.4, -0.2) is 10.2 Å². The van der Waals surface area contributed by atoms with Crippen LogP contribution in [0.2, 0.25) is 0 Å². The first-order valence-corrected chi connectivity index (χ1v) is 11.1. The molecule has 0 bridgehead atoms. The number of pyridine rings is 1. The maximum absolute atomic E-state index is 9.67. The van der Waals surface area contributed by atoms with Crippen LogP contribution in [0.25, 0.3) is 55.4 Å². The van der Waals surface area contributed by atoms with Gasteiger partial charge in [-0.05, 0) is 45.8 Å². The van der Waals surface area contributed by atoms with E-state index in [1.54, 1.807) is 6.07 Å². The number of hydrogen-bond donors (Lipinski definition) is 1. The summed E-state index contributed by atoms with van der Waals surface area (Å²) in [7, 11) is 0. The highest BCUT2D eigenvalue weighted by atomic mass is 16.4. The molecule has 0 aliphatic rings. The molecule has 0 aliphatic carbocycles. The van der Waals surface area contributed by atoms with E-state index in [1.807, 2.05) is 72.9 Å². The van der Waals surface area contributed by atoms with Crippen molar-refractivity contribution in [3.63, 3.8) is 0 Å². The van der Waals surface area contributed by atoms with Gasteiger partial charge in [0, 0.05) is 23.0 Å². The normalized spacial score (nSPS) is 11.8. The molecule has 0 spiro atoms. The van der Waals surface area contributed by atoms with Crippen molar-refractivity contribution >= 4 is 21.7 Å². The van der Waals surface area contributed by atoms with Gasteiger partial charge in [0.05, 0.1) is 0 Å². The van der Waals surface area contributed by atoms with Gasteiger partial charge in [-0.2, -0.15) is 0 Å². The summed E-state index contributed by atoms with van der Waals surface area (Å²) >= 11 is 0. The van der Waals surface area contributed by atoms with E-state index in [-0.39, 0.29) is 0 Å². The Kier molecular flexibility index (Phi) is 4.89. The second kappa shape index (κ2) is 8.34. The minimum atomic E-state index is 0.442. The van der Waals surface area contributed by atoms with E-state index in [2.05, 4.69) is 46.5 Å². The average molecular weight is 441 g/mol. The van der Waals surface area contributed by atoms with Crippen molar-refractivity contribution in [2.24, 2.45) is 5.16 Å². The van der Waals surface area contributed by atoms with Crippen LogP contribution in [0.3, 0.4) is 0 Å². The van der Waals surface area contributed by atoms with Gasteiger partial charge in [-0.15, -0.1) is 0 Å². The number of rotatable bonds is 3. The van der Waals surface area contributed by atoms with E-state index >= 15 is 0 Å². The molecule has 162 valence electrons. The van der Waals surface area contributed by atoms with E-state index in [0.717, 1.165) is 27.3 Å². The quantitative estimate of drug-likeness (QED) is 0.232. The first-order valence-electron chi connectivity index (χ1n) is 11.1. The summed E-state index contributed by atoms with van der Waals surface area (Å²) in [4.78, 5) is 4.56. The number of fused-ring (bicyclic) bond motifs is 2. The number of hydrogen-bond acceptors (Lipinski definition) is 4. The summed E-state index contributed by atoms with van der Waals surface area (Å²) in [5, 5.41) is 16.5. The van der Waals surface area contributed by atoms with Gasteiger partial charge in [-0.1, -0.05) is 90.1 Å². The molecule has 4 aromatic carbocycles. The van der Waals surface area contributed by atoms with Crippen molar-refractivity contribution in [2.45, 2.75) is 0 Å². The van der Waals surface area contributed by atoms with Crippen molar-refractivity contribution in [1.29, 1.82) is 0 Å². The van der Waals surface area contributed by atoms with Gasteiger partial charge in [0.15, 0.2) is 5.76 Å². The van der Waals surface area contributed by atoms with Gasteiger partial charge in [0.1, 0.15) is 16.6 Å². The molecule has 34 heavy (non-hydrogen) atoms. The predicted molar refractivity (Wildman–Crippen MR) is 135 cm³/mol. The van der Waals surface area contributed by atoms with Crippen LogP contribution in [0.5, 0.6) is 0 Å². The number of benzene rings is 4. The van der Waals surface area contributed by atoms with Crippen LogP contribution in [-0.2, 0) is 0 Å². The Morgan fingerprint density at radius 2 is 1.26 bits per heavy atom. The zero-order chi connectivity index (χ0) is 22.9. The zero-order valence-corrected chi connectivity index (χ0v) is 18.2. The second-order valence-corrected chi connectivity index (χ2v) is 8.17. The highest BCUT2D eigenvalue weighted by molar-refractivity contribution is 5.87. The minimum Gasteiger partial charge on any atom is -0.454 e. The SMILES string of the molecule is O/N=c1\cc(-c2cc3ccccc3cn2)oc2cc(-c3ccc(-c4ccccc4)cc3)ccc12. The molecule has 0 unspecified atom stereocenters. The fourth-order valence-corrected chi connectivity index (χ4v) is 4.26. The van der Waals surface area contributed by atoms with E-state index in [1.165, 1.54) is 11.1 Å². The third kappa shape index (κ3) is 3.61. The highest BCUT2D eigenvalue weighted by Crippen LogP contribution is 2.29. The van der Waals surface area contributed by atoms with Gasteiger partial charge in [0.2, 0.25) is 0 Å². The molecule has 6 rings (SSSR count). The molecular formula is C30H20N2O2. The molecule has 1 N–H and O–H groups in total. The van der Waals surface area contributed by atoms with Crippen molar-refractivity contribution in [2.75, 3.05) is 0 Å². The van der Waals surface area contributed by atoms with Gasteiger partial charge >= 0.3 is 0 Å². The number of aromatic nitrogens is 1. The van der Waals surface area contributed by atoms with Crippen LogP contribution in [0.15, 0.2) is 125 Å². The van der Waals surface area contributed by atoms with Gasteiger partial charge in [-0.3, -0.25) is 4.98 Å². The molecule has 0 aliphatic heterocycles.